The number of benzene rings is 1. The van der Waals surface area contributed by atoms with Crippen LogP contribution in [0.3, 0.4) is 0 Å². The molecule has 9 nitrogen and oxygen atoms in total. The quantitative estimate of drug-likeness (QED) is 0.551. The number of ether oxygens (including phenoxy) is 1. The molecule has 150 valence electrons. The number of hydrogen-bond acceptors (Lipinski definition) is 6. The van der Waals surface area contributed by atoms with Crippen LogP contribution in [-0.4, -0.2) is 44.9 Å². The summed E-state index contributed by atoms with van der Waals surface area (Å²) in [5.74, 6) is -1.62. The predicted molar refractivity (Wildman–Crippen MR) is 99.5 cm³/mol. The van der Waals surface area contributed by atoms with Gasteiger partial charge in [0.25, 0.3) is 0 Å². The van der Waals surface area contributed by atoms with E-state index in [2.05, 4.69) is 15.4 Å². The number of carbonyl (C=O) groups is 3. The molecule has 0 saturated carbocycles. The first-order valence-corrected chi connectivity index (χ1v) is 9.83. The van der Waals surface area contributed by atoms with E-state index in [0.29, 0.717) is 11.3 Å². The summed E-state index contributed by atoms with van der Waals surface area (Å²) in [6, 6.07) is 2.19. The van der Waals surface area contributed by atoms with E-state index in [-0.39, 0.29) is 17.4 Å². The summed E-state index contributed by atoms with van der Waals surface area (Å²) in [6.45, 7) is 7.65. The van der Waals surface area contributed by atoms with Crippen molar-refractivity contribution in [1.29, 1.82) is 0 Å². The molecule has 0 fully saturated rings. The second kappa shape index (κ2) is 9.47. The molecule has 1 rings (SSSR count). The third kappa shape index (κ3) is 6.65. The van der Waals surface area contributed by atoms with Crippen LogP contribution in [0, 0.1) is 6.92 Å². The number of hydrogen-bond donors (Lipinski definition) is 3. The van der Waals surface area contributed by atoms with Crippen LogP contribution < -0.4 is 15.4 Å². The summed E-state index contributed by atoms with van der Waals surface area (Å²) in [6.07, 6.45) is 0. The van der Waals surface area contributed by atoms with Gasteiger partial charge in [-0.25, -0.2) is 13.2 Å². The Morgan fingerprint density at radius 3 is 2.33 bits per heavy atom. The van der Waals surface area contributed by atoms with Crippen LogP contribution in [0.2, 0.25) is 0 Å². The van der Waals surface area contributed by atoms with Crippen LogP contribution in [0.15, 0.2) is 23.1 Å². The molecule has 0 aliphatic heterocycles. The minimum absolute atomic E-state index is 0.102. The van der Waals surface area contributed by atoms with E-state index in [4.69, 9.17) is 4.74 Å². The molecule has 0 bridgehead atoms. The van der Waals surface area contributed by atoms with Gasteiger partial charge in [-0.2, -0.15) is 4.72 Å². The molecule has 0 aliphatic carbocycles. The molecule has 27 heavy (non-hydrogen) atoms. The number of aryl methyl sites for hydroxylation is 1. The van der Waals surface area contributed by atoms with Crippen molar-refractivity contribution in [3.05, 3.63) is 23.8 Å². The van der Waals surface area contributed by atoms with Crippen molar-refractivity contribution in [3.8, 4) is 0 Å². The standard InChI is InChI=1S/C17H25N3O6S/c1-6-26-17(23)12(4)18-16(22)11(3)20-27(24,25)14-8-7-10(2)15(9-14)19-13(5)21/h7-9,11-12,20H,6H2,1-5H3,(H,18,22)(H,19,21). The molecule has 2 unspecified atom stereocenters. The zero-order valence-electron chi connectivity index (χ0n) is 16.0. The van der Waals surface area contributed by atoms with Crippen molar-refractivity contribution >= 4 is 33.5 Å². The topological polar surface area (TPSA) is 131 Å². The van der Waals surface area contributed by atoms with Crippen molar-refractivity contribution in [1.82, 2.24) is 10.0 Å². The van der Waals surface area contributed by atoms with Gasteiger partial charge >= 0.3 is 5.97 Å². The van der Waals surface area contributed by atoms with Gasteiger partial charge in [0.05, 0.1) is 17.5 Å². The van der Waals surface area contributed by atoms with E-state index in [1.54, 1.807) is 19.9 Å². The molecule has 0 aliphatic rings. The number of anilines is 1. The van der Waals surface area contributed by atoms with Gasteiger partial charge in [0.15, 0.2) is 0 Å². The smallest absolute Gasteiger partial charge is 0.328 e. The fraction of sp³-hybridized carbons (Fsp3) is 0.471. The summed E-state index contributed by atoms with van der Waals surface area (Å²) < 4.78 is 32.1. The monoisotopic (exact) mass is 399 g/mol. The van der Waals surface area contributed by atoms with Crippen LogP contribution in [0.4, 0.5) is 5.69 Å². The molecular weight excluding hydrogens is 374 g/mol. The van der Waals surface area contributed by atoms with E-state index in [9.17, 15) is 22.8 Å². The van der Waals surface area contributed by atoms with Crippen molar-refractivity contribution in [2.75, 3.05) is 11.9 Å². The zero-order valence-corrected chi connectivity index (χ0v) is 16.8. The Labute approximate surface area is 158 Å². The van der Waals surface area contributed by atoms with E-state index < -0.39 is 34.0 Å². The molecule has 2 atom stereocenters. The molecule has 0 aromatic heterocycles. The SMILES string of the molecule is CCOC(=O)C(C)NC(=O)C(C)NS(=O)(=O)c1ccc(C)c(NC(C)=O)c1. The molecular formula is C17H25N3O6S. The summed E-state index contributed by atoms with van der Waals surface area (Å²) >= 11 is 0. The molecule has 0 radical (unpaired) electrons. The first kappa shape index (κ1) is 22.6. The largest absolute Gasteiger partial charge is 0.464 e. The molecule has 0 spiro atoms. The number of nitrogens with one attached hydrogen (secondary N) is 3. The molecule has 2 amide bonds. The third-order valence-electron chi connectivity index (χ3n) is 3.55. The molecule has 0 heterocycles. The van der Waals surface area contributed by atoms with Gasteiger partial charge in [-0.05, 0) is 45.4 Å². The molecule has 1 aromatic rings. The fourth-order valence-electron chi connectivity index (χ4n) is 2.11. The summed E-state index contributed by atoms with van der Waals surface area (Å²) in [5, 5.41) is 4.94. The molecule has 1 aromatic carbocycles. The lowest BCUT2D eigenvalue weighted by Gasteiger charge is -2.18. The van der Waals surface area contributed by atoms with Gasteiger partial charge < -0.3 is 15.4 Å². The van der Waals surface area contributed by atoms with Crippen LogP contribution >= 0.6 is 0 Å². The Bertz CT molecular complexity index is 822. The Morgan fingerprint density at radius 2 is 1.78 bits per heavy atom. The average molecular weight is 399 g/mol. The number of esters is 1. The maximum Gasteiger partial charge on any atom is 0.328 e. The number of rotatable bonds is 8. The lowest BCUT2D eigenvalue weighted by Crippen LogP contribution is -2.49. The molecule has 10 heteroatoms. The minimum atomic E-state index is -4.02. The van der Waals surface area contributed by atoms with E-state index in [0.717, 1.165) is 0 Å². The Kier molecular flexibility index (Phi) is 7.92. The molecule has 0 saturated heterocycles. The number of amides is 2. The fourth-order valence-corrected chi connectivity index (χ4v) is 3.34. The van der Waals surface area contributed by atoms with Crippen molar-refractivity contribution < 1.29 is 27.5 Å². The van der Waals surface area contributed by atoms with Crippen LogP contribution in [-0.2, 0) is 29.1 Å². The second-order valence-corrected chi connectivity index (χ2v) is 7.70. The summed E-state index contributed by atoms with van der Waals surface area (Å²) in [4.78, 5) is 34.8. The zero-order chi connectivity index (χ0) is 20.8. The Morgan fingerprint density at radius 1 is 1.15 bits per heavy atom. The van der Waals surface area contributed by atoms with Gasteiger partial charge in [0.1, 0.15) is 6.04 Å². The van der Waals surface area contributed by atoms with Gasteiger partial charge in [0, 0.05) is 12.6 Å². The first-order valence-electron chi connectivity index (χ1n) is 8.35. The maximum atomic E-state index is 12.5. The lowest BCUT2D eigenvalue weighted by molar-refractivity contribution is -0.147. The van der Waals surface area contributed by atoms with Gasteiger partial charge in [-0.3, -0.25) is 9.59 Å². The highest BCUT2D eigenvalue weighted by Gasteiger charge is 2.25. The van der Waals surface area contributed by atoms with Gasteiger partial charge in [-0.1, -0.05) is 6.07 Å². The highest BCUT2D eigenvalue weighted by atomic mass is 32.2. The molecule has 3 N–H and O–H groups in total. The lowest BCUT2D eigenvalue weighted by atomic mass is 10.2. The second-order valence-electron chi connectivity index (χ2n) is 5.98. The number of sulfonamides is 1. The number of carbonyl (C=O) groups excluding carboxylic acids is 3. The maximum absolute atomic E-state index is 12.5. The highest BCUT2D eigenvalue weighted by Crippen LogP contribution is 2.20. The van der Waals surface area contributed by atoms with Gasteiger partial charge in [0.2, 0.25) is 21.8 Å². The van der Waals surface area contributed by atoms with Crippen LogP contribution in [0.1, 0.15) is 33.3 Å². The van der Waals surface area contributed by atoms with E-state index in [1.807, 2.05) is 0 Å². The first-order chi connectivity index (χ1) is 12.5. The van der Waals surface area contributed by atoms with Crippen molar-refractivity contribution in [2.24, 2.45) is 0 Å². The third-order valence-corrected chi connectivity index (χ3v) is 5.09. The summed E-state index contributed by atoms with van der Waals surface area (Å²) in [7, 11) is -4.02. The van der Waals surface area contributed by atoms with Crippen LogP contribution in [0.25, 0.3) is 0 Å². The normalized spacial score (nSPS) is 13.4. The van der Waals surface area contributed by atoms with Crippen molar-refractivity contribution in [2.45, 2.75) is 51.6 Å². The van der Waals surface area contributed by atoms with E-state index >= 15 is 0 Å². The van der Waals surface area contributed by atoms with E-state index in [1.165, 1.54) is 32.9 Å². The Balaban J connectivity index is 2.89. The average Bonchev–Trinajstić information content (AvgIpc) is 2.55. The van der Waals surface area contributed by atoms with Crippen LogP contribution in [0.5, 0.6) is 0 Å². The van der Waals surface area contributed by atoms with Gasteiger partial charge in [-0.15, -0.1) is 0 Å². The highest BCUT2D eigenvalue weighted by molar-refractivity contribution is 7.89. The Hall–Kier alpha value is -2.46. The predicted octanol–water partition coefficient (Wildman–Crippen LogP) is 0.688. The summed E-state index contributed by atoms with van der Waals surface area (Å²) in [5.41, 5.74) is 1.05. The minimum Gasteiger partial charge on any atom is -0.464 e. The van der Waals surface area contributed by atoms with Crippen molar-refractivity contribution in [3.63, 3.8) is 0 Å².